The van der Waals surface area contributed by atoms with Crippen LogP contribution in [-0.2, 0) is 0 Å². The summed E-state index contributed by atoms with van der Waals surface area (Å²) in [5.74, 6) is 0.800. The molecule has 0 saturated carbocycles. The quantitative estimate of drug-likeness (QED) is 0.861. The summed E-state index contributed by atoms with van der Waals surface area (Å²) in [5, 5.41) is 12.0. The molecular weight excluding hydrogens is 298 g/mol. The molecule has 0 spiro atoms. The molecule has 1 aromatic heterocycles. The van der Waals surface area contributed by atoms with Gasteiger partial charge in [0.05, 0.1) is 5.56 Å². The second kappa shape index (κ2) is 7.48. The highest BCUT2D eigenvalue weighted by Crippen LogP contribution is 2.27. The molecule has 0 radical (unpaired) electrons. The van der Waals surface area contributed by atoms with E-state index in [1.807, 2.05) is 19.9 Å². The van der Waals surface area contributed by atoms with Gasteiger partial charge < -0.3 is 4.74 Å². The number of carbonyl (C=O) groups is 1. The molecule has 6 heteroatoms. The first-order valence-corrected chi connectivity index (χ1v) is 7.57. The van der Waals surface area contributed by atoms with E-state index >= 15 is 0 Å². The smallest absolute Gasteiger partial charge is 0.410 e. The third-order valence-electron chi connectivity index (χ3n) is 2.53. The number of amides is 1. The predicted molar refractivity (Wildman–Crippen MR) is 86.0 cm³/mol. The highest BCUT2D eigenvalue weighted by atomic mass is 32.2. The molecule has 0 unspecified atom stereocenters. The van der Waals surface area contributed by atoms with Crippen LogP contribution in [0.3, 0.4) is 0 Å². The minimum absolute atomic E-state index is 0.318. The lowest BCUT2D eigenvalue weighted by molar-refractivity contribution is 0.215. The van der Waals surface area contributed by atoms with E-state index in [1.54, 1.807) is 42.1 Å². The highest BCUT2D eigenvalue weighted by Gasteiger charge is 2.11. The van der Waals surface area contributed by atoms with Crippen LogP contribution in [0.1, 0.15) is 19.4 Å². The Morgan fingerprint density at radius 2 is 2.09 bits per heavy atom. The SMILES string of the molecule is CC(C)Sc1cc(NC(=O)Oc2ccccc2)ncc1C#N. The Kier molecular flexibility index (Phi) is 5.39. The molecule has 0 atom stereocenters. The molecule has 1 aromatic carbocycles. The molecule has 2 aromatic rings. The number of anilines is 1. The van der Waals surface area contributed by atoms with E-state index < -0.39 is 6.09 Å². The number of carbonyl (C=O) groups excluding carboxylic acids is 1. The Bertz CT molecular complexity index is 696. The van der Waals surface area contributed by atoms with Gasteiger partial charge in [-0.3, -0.25) is 5.32 Å². The van der Waals surface area contributed by atoms with Crippen molar-refractivity contribution in [2.45, 2.75) is 24.0 Å². The number of aromatic nitrogens is 1. The Hall–Kier alpha value is -2.52. The van der Waals surface area contributed by atoms with E-state index in [0.717, 1.165) is 4.90 Å². The number of pyridine rings is 1. The molecule has 0 aliphatic rings. The van der Waals surface area contributed by atoms with Crippen LogP contribution in [-0.4, -0.2) is 16.3 Å². The molecule has 0 saturated heterocycles. The topological polar surface area (TPSA) is 75.0 Å². The zero-order chi connectivity index (χ0) is 15.9. The predicted octanol–water partition coefficient (Wildman–Crippen LogP) is 4.06. The molecule has 2 rings (SSSR count). The molecule has 112 valence electrons. The molecule has 0 aliphatic carbocycles. The molecule has 0 bridgehead atoms. The van der Waals surface area contributed by atoms with Gasteiger partial charge in [-0.2, -0.15) is 5.26 Å². The average molecular weight is 313 g/mol. The first kappa shape index (κ1) is 15.9. The van der Waals surface area contributed by atoms with Crippen molar-refractivity contribution in [2.75, 3.05) is 5.32 Å². The van der Waals surface area contributed by atoms with Gasteiger partial charge in [0.25, 0.3) is 0 Å². The maximum atomic E-state index is 11.8. The number of nitrogens with one attached hydrogen (secondary N) is 1. The number of nitrogens with zero attached hydrogens (tertiary/aromatic N) is 2. The van der Waals surface area contributed by atoms with Gasteiger partial charge in [-0.25, -0.2) is 9.78 Å². The molecular formula is C16H15N3O2S. The zero-order valence-electron chi connectivity index (χ0n) is 12.2. The minimum Gasteiger partial charge on any atom is -0.410 e. The maximum Gasteiger partial charge on any atom is 0.418 e. The number of benzene rings is 1. The van der Waals surface area contributed by atoms with Crippen LogP contribution in [0.5, 0.6) is 5.75 Å². The Morgan fingerprint density at radius 3 is 2.73 bits per heavy atom. The van der Waals surface area contributed by atoms with Crippen molar-refractivity contribution in [3.63, 3.8) is 0 Å². The van der Waals surface area contributed by atoms with Gasteiger partial charge in [-0.05, 0) is 18.2 Å². The molecule has 1 heterocycles. The first-order valence-electron chi connectivity index (χ1n) is 6.69. The summed E-state index contributed by atoms with van der Waals surface area (Å²) in [6, 6.07) is 12.5. The van der Waals surface area contributed by atoms with E-state index in [-0.39, 0.29) is 0 Å². The average Bonchev–Trinajstić information content (AvgIpc) is 2.48. The van der Waals surface area contributed by atoms with Crippen LogP contribution < -0.4 is 10.1 Å². The van der Waals surface area contributed by atoms with Crippen LogP contribution in [0.25, 0.3) is 0 Å². The monoisotopic (exact) mass is 313 g/mol. The Balaban J connectivity index is 2.09. The summed E-state index contributed by atoms with van der Waals surface area (Å²) >= 11 is 1.54. The fourth-order valence-corrected chi connectivity index (χ4v) is 2.58. The summed E-state index contributed by atoms with van der Waals surface area (Å²) in [4.78, 5) is 16.7. The van der Waals surface area contributed by atoms with Crippen molar-refractivity contribution in [1.82, 2.24) is 4.98 Å². The van der Waals surface area contributed by atoms with Gasteiger partial charge in [0, 0.05) is 16.3 Å². The van der Waals surface area contributed by atoms with E-state index in [2.05, 4.69) is 16.4 Å². The number of hydrogen-bond acceptors (Lipinski definition) is 5. The summed E-state index contributed by atoms with van der Waals surface area (Å²) < 4.78 is 5.13. The second-order valence-electron chi connectivity index (χ2n) is 4.67. The van der Waals surface area contributed by atoms with Crippen molar-refractivity contribution >= 4 is 23.7 Å². The summed E-state index contributed by atoms with van der Waals surface area (Å²) in [6.45, 7) is 4.06. The standard InChI is InChI=1S/C16H15N3O2S/c1-11(2)22-14-8-15(18-10-12(14)9-17)19-16(20)21-13-6-4-3-5-7-13/h3-8,10-11H,1-2H3,(H,18,19,20). The van der Waals surface area contributed by atoms with E-state index in [4.69, 9.17) is 10.00 Å². The molecule has 22 heavy (non-hydrogen) atoms. The van der Waals surface area contributed by atoms with Crippen molar-refractivity contribution in [2.24, 2.45) is 0 Å². The number of thioether (sulfide) groups is 1. The van der Waals surface area contributed by atoms with Crippen molar-refractivity contribution in [3.8, 4) is 11.8 Å². The van der Waals surface area contributed by atoms with Gasteiger partial charge >= 0.3 is 6.09 Å². The van der Waals surface area contributed by atoms with Gasteiger partial charge in [-0.1, -0.05) is 32.0 Å². The molecule has 5 nitrogen and oxygen atoms in total. The van der Waals surface area contributed by atoms with Crippen molar-refractivity contribution in [1.29, 1.82) is 5.26 Å². The largest absolute Gasteiger partial charge is 0.418 e. The number of hydrogen-bond donors (Lipinski definition) is 1. The Labute approximate surface area is 133 Å². The lowest BCUT2D eigenvalue weighted by atomic mass is 10.3. The van der Waals surface area contributed by atoms with Crippen LogP contribution in [0.15, 0.2) is 47.5 Å². The number of para-hydroxylation sites is 1. The third kappa shape index (κ3) is 4.50. The van der Waals surface area contributed by atoms with Crippen molar-refractivity contribution in [3.05, 3.63) is 48.2 Å². The van der Waals surface area contributed by atoms with Crippen LogP contribution in [0.2, 0.25) is 0 Å². The third-order valence-corrected chi connectivity index (χ3v) is 3.60. The fraction of sp³-hybridized carbons (Fsp3) is 0.188. The van der Waals surface area contributed by atoms with Gasteiger partial charge in [0.15, 0.2) is 0 Å². The lowest BCUT2D eigenvalue weighted by Crippen LogP contribution is -2.17. The van der Waals surface area contributed by atoms with Crippen LogP contribution in [0, 0.1) is 11.3 Å². The first-order chi connectivity index (χ1) is 10.6. The van der Waals surface area contributed by atoms with Crippen LogP contribution in [0.4, 0.5) is 10.6 Å². The summed E-state index contributed by atoms with van der Waals surface area (Å²) in [6.07, 6.45) is 0.826. The van der Waals surface area contributed by atoms with E-state index in [0.29, 0.717) is 22.4 Å². The van der Waals surface area contributed by atoms with Gasteiger partial charge in [0.1, 0.15) is 17.6 Å². The molecule has 0 aliphatic heterocycles. The number of ether oxygens (including phenoxy) is 1. The number of rotatable bonds is 4. The fourth-order valence-electron chi connectivity index (χ4n) is 1.67. The Morgan fingerprint density at radius 1 is 1.36 bits per heavy atom. The second-order valence-corrected chi connectivity index (χ2v) is 6.29. The van der Waals surface area contributed by atoms with Gasteiger partial charge in [-0.15, -0.1) is 11.8 Å². The number of nitriles is 1. The zero-order valence-corrected chi connectivity index (χ0v) is 13.1. The summed E-state index contributed by atoms with van der Waals surface area (Å²) in [7, 11) is 0. The summed E-state index contributed by atoms with van der Waals surface area (Å²) in [5.41, 5.74) is 0.487. The van der Waals surface area contributed by atoms with E-state index in [1.165, 1.54) is 6.20 Å². The normalized spacial score (nSPS) is 10.1. The van der Waals surface area contributed by atoms with Crippen LogP contribution >= 0.6 is 11.8 Å². The molecule has 1 N–H and O–H groups in total. The maximum absolute atomic E-state index is 11.8. The van der Waals surface area contributed by atoms with Crippen molar-refractivity contribution < 1.29 is 9.53 Å². The minimum atomic E-state index is -0.621. The van der Waals surface area contributed by atoms with Gasteiger partial charge in [0.2, 0.25) is 0 Å². The highest BCUT2D eigenvalue weighted by molar-refractivity contribution is 8.00. The molecule has 1 amide bonds. The van der Waals surface area contributed by atoms with E-state index in [9.17, 15) is 4.79 Å². The molecule has 0 fully saturated rings. The lowest BCUT2D eigenvalue weighted by Gasteiger charge is -2.10.